The van der Waals surface area contributed by atoms with Crippen LogP contribution in [-0.4, -0.2) is 18.7 Å². The molecule has 0 unspecified atom stereocenters. The molecule has 3 atom stereocenters. The quantitative estimate of drug-likeness (QED) is 0.680. The second kappa shape index (κ2) is 3.54. The molecule has 0 saturated heterocycles. The van der Waals surface area contributed by atoms with Crippen LogP contribution in [0.15, 0.2) is 0 Å². The molecule has 2 aliphatic rings. The number of fused-ring (bicyclic) bond motifs is 2. The van der Waals surface area contributed by atoms with Gasteiger partial charge < -0.3 is 3.79 Å². The molecule has 0 aromatic heterocycles. The predicted molar refractivity (Wildman–Crippen MR) is 61.6 cm³/mol. The summed E-state index contributed by atoms with van der Waals surface area (Å²) in [6.07, 6.45) is 4.08. The topological polar surface area (TPSA) is 9.23 Å². The molecular formula is C10H17AlCl2O. The van der Waals surface area contributed by atoms with E-state index in [1.165, 1.54) is 12.8 Å². The van der Waals surface area contributed by atoms with E-state index in [1.54, 1.807) is 0 Å². The molecule has 2 bridgehead atoms. The summed E-state index contributed by atoms with van der Waals surface area (Å²) in [6.45, 7) is 7.08. The molecule has 1 nitrogen and oxygen atoms in total. The highest BCUT2D eigenvalue weighted by atomic mass is 35.7. The van der Waals surface area contributed by atoms with Crippen molar-refractivity contribution in [2.75, 3.05) is 0 Å². The van der Waals surface area contributed by atoms with E-state index < -0.39 is 12.6 Å². The van der Waals surface area contributed by atoms with Crippen LogP contribution in [0.25, 0.3) is 0 Å². The lowest BCUT2D eigenvalue weighted by Crippen LogP contribution is -2.38. The third kappa shape index (κ3) is 1.46. The van der Waals surface area contributed by atoms with Gasteiger partial charge in [0, 0.05) is 6.10 Å². The largest absolute Gasteiger partial charge is 0.725 e. The number of halogens is 2. The fourth-order valence-corrected chi connectivity index (χ4v) is 4.87. The Kier molecular flexibility index (Phi) is 2.92. The van der Waals surface area contributed by atoms with Crippen LogP contribution in [-0.2, 0) is 3.79 Å². The van der Waals surface area contributed by atoms with E-state index >= 15 is 0 Å². The van der Waals surface area contributed by atoms with Crippen LogP contribution in [0, 0.1) is 16.7 Å². The molecule has 0 aliphatic heterocycles. The minimum Gasteiger partial charge on any atom is -0.474 e. The highest BCUT2D eigenvalue weighted by Gasteiger charge is 2.61. The van der Waals surface area contributed by atoms with Gasteiger partial charge in [0.25, 0.3) is 0 Å². The zero-order chi connectivity index (χ0) is 10.6. The molecule has 0 heterocycles. The van der Waals surface area contributed by atoms with Crippen LogP contribution < -0.4 is 0 Å². The first-order valence-electron chi connectivity index (χ1n) is 5.31. The van der Waals surface area contributed by atoms with Crippen molar-refractivity contribution in [3.8, 4) is 0 Å². The van der Waals surface area contributed by atoms with Crippen LogP contribution in [0.2, 0.25) is 0 Å². The maximum atomic E-state index is 5.83. The molecule has 80 valence electrons. The Bertz CT molecular complexity index is 244. The zero-order valence-corrected chi connectivity index (χ0v) is 11.7. The van der Waals surface area contributed by atoms with E-state index in [0.717, 1.165) is 12.3 Å². The Morgan fingerprint density at radius 2 is 1.93 bits per heavy atom. The van der Waals surface area contributed by atoms with Gasteiger partial charge in [-0.25, -0.2) is 0 Å². The second-order valence-electron chi connectivity index (χ2n) is 5.50. The number of hydrogen-bond donors (Lipinski definition) is 0. The molecule has 4 heteroatoms. The standard InChI is InChI=1S/C10H17O.Al.2ClH/c1-9(2)7-4-5-10(9,3)8(11)6-7;;;/h7-8H,4-6H2,1-3H3;;2*1H/q-1;+3;;/p-2/t7-,8+,10+;;;/m0.../s1. The zero-order valence-electron chi connectivity index (χ0n) is 9.02. The predicted octanol–water partition coefficient (Wildman–Crippen LogP) is 3.68. The molecule has 2 rings (SSSR count). The summed E-state index contributed by atoms with van der Waals surface area (Å²) in [7, 11) is 11.7. The van der Waals surface area contributed by atoms with Crippen molar-refractivity contribution in [3.63, 3.8) is 0 Å². The van der Waals surface area contributed by atoms with E-state index in [9.17, 15) is 0 Å². The average molecular weight is 251 g/mol. The van der Waals surface area contributed by atoms with E-state index in [-0.39, 0.29) is 0 Å². The summed E-state index contributed by atoms with van der Waals surface area (Å²) in [5, 5.41) is 0. The summed E-state index contributed by atoms with van der Waals surface area (Å²) in [5.74, 6) is 0.804. The molecule has 0 amide bonds. The van der Waals surface area contributed by atoms with E-state index in [1.807, 2.05) is 0 Å². The van der Waals surface area contributed by atoms with Crippen LogP contribution in [0.4, 0.5) is 0 Å². The average Bonchev–Trinajstić information content (AvgIpc) is 2.35. The Balaban J connectivity index is 2.19. The Morgan fingerprint density at radius 1 is 1.29 bits per heavy atom. The van der Waals surface area contributed by atoms with Gasteiger partial charge in [-0.15, -0.1) is 0 Å². The van der Waals surface area contributed by atoms with E-state index in [0.29, 0.717) is 16.9 Å². The maximum Gasteiger partial charge on any atom is 0.725 e. The van der Waals surface area contributed by atoms with E-state index in [2.05, 4.69) is 20.8 Å². The number of hydrogen-bond acceptors (Lipinski definition) is 1. The summed E-state index contributed by atoms with van der Waals surface area (Å²) in [4.78, 5) is 0. The Labute approximate surface area is 99.2 Å². The van der Waals surface area contributed by atoms with Gasteiger partial charge in [-0.3, -0.25) is 0 Å². The highest BCUT2D eigenvalue weighted by molar-refractivity contribution is 7.30. The lowest BCUT2D eigenvalue weighted by atomic mass is 9.70. The fourth-order valence-electron chi connectivity index (χ4n) is 3.46. The van der Waals surface area contributed by atoms with Gasteiger partial charge in [-0.05, 0) is 36.0 Å². The molecule has 0 radical (unpaired) electrons. The van der Waals surface area contributed by atoms with Gasteiger partial charge >= 0.3 is 12.6 Å². The van der Waals surface area contributed by atoms with Gasteiger partial charge in [0.2, 0.25) is 0 Å². The molecule has 0 N–H and O–H groups in total. The normalized spacial score (nSPS) is 44.4. The van der Waals surface area contributed by atoms with Crippen LogP contribution in [0.3, 0.4) is 0 Å². The summed E-state index contributed by atoms with van der Waals surface area (Å²) in [5.41, 5.74) is 0.696. The van der Waals surface area contributed by atoms with Crippen molar-refractivity contribution in [1.82, 2.24) is 0 Å². The number of rotatable bonds is 2. The van der Waals surface area contributed by atoms with Crippen molar-refractivity contribution in [2.24, 2.45) is 16.7 Å². The Morgan fingerprint density at radius 3 is 2.29 bits per heavy atom. The van der Waals surface area contributed by atoms with Crippen LogP contribution >= 0.6 is 20.1 Å². The second-order valence-corrected chi connectivity index (χ2v) is 9.34. The molecule has 2 aliphatic carbocycles. The summed E-state index contributed by atoms with van der Waals surface area (Å²) >= 11 is -1.91. The third-order valence-electron chi connectivity index (χ3n) is 4.98. The van der Waals surface area contributed by atoms with Crippen molar-refractivity contribution < 1.29 is 3.79 Å². The fraction of sp³-hybridized carbons (Fsp3) is 1.00. The molecule has 0 aromatic carbocycles. The van der Waals surface area contributed by atoms with Crippen LogP contribution in [0.1, 0.15) is 40.0 Å². The molecule has 0 spiro atoms. The van der Waals surface area contributed by atoms with E-state index in [4.69, 9.17) is 23.9 Å². The molecule has 14 heavy (non-hydrogen) atoms. The maximum absolute atomic E-state index is 5.83. The summed E-state index contributed by atoms with van der Waals surface area (Å²) in [6, 6.07) is 0. The Hall–Kier alpha value is 1.07. The smallest absolute Gasteiger partial charge is 0.474 e. The lowest BCUT2D eigenvalue weighted by Gasteiger charge is -2.39. The minimum absolute atomic E-state index is 0.298. The molecule has 2 saturated carbocycles. The lowest BCUT2D eigenvalue weighted by molar-refractivity contribution is 0.0331. The molecule has 0 aromatic rings. The SMILES string of the molecule is CC1(C)[C@H]2CC[C@]1(C)[C@H]([O][Al]([Cl])[Cl])C2. The highest BCUT2D eigenvalue weighted by Crippen LogP contribution is 2.66. The monoisotopic (exact) mass is 250 g/mol. The first kappa shape index (κ1) is 11.6. The van der Waals surface area contributed by atoms with Crippen LogP contribution in [0.5, 0.6) is 0 Å². The van der Waals surface area contributed by atoms with Gasteiger partial charge in [-0.1, -0.05) is 20.8 Å². The van der Waals surface area contributed by atoms with Crippen molar-refractivity contribution >= 4 is 32.7 Å². The first-order chi connectivity index (χ1) is 6.38. The van der Waals surface area contributed by atoms with Gasteiger partial charge in [0.05, 0.1) is 0 Å². The van der Waals surface area contributed by atoms with Crippen molar-refractivity contribution in [3.05, 3.63) is 0 Å². The third-order valence-corrected chi connectivity index (χ3v) is 6.13. The van der Waals surface area contributed by atoms with Gasteiger partial charge in [0.15, 0.2) is 0 Å². The molecule has 2 fully saturated rings. The molecular weight excluding hydrogens is 234 g/mol. The first-order valence-corrected chi connectivity index (χ1v) is 9.28. The van der Waals surface area contributed by atoms with Crippen molar-refractivity contribution in [2.45, 2.75) is 46.1 Å². The summed E-state index contributed by atoms with van der Waals surface area (Å²) < 4.78 is 5.75. The van der Waals surface area contributed by atoms with Gasteiger partial charge in [-0.2, -0.15) is 20.1 Å². The van der Waals surface area contributed by atoms with Gasteiger partial charge in [0.1, 0.15) is 0 Å². The minimum atomic E-state index is -1.91. The van der Waals surface area contributed by atoms with Crippen molar-refractivity contribution in [1.29, 1.82) is 0 Å².